The molecular weight excluding hydrogens is 402 g/mol. The molecule has 3 aromatic rings. The van der Waals surface area contributed by atoms with Gasteiger partial charge in [-0.2, -0.15) is 0 Å². The molecular formula is C26H29N3O3. The van der Waals surface area contributed by atoms with Gasteiger partial charge >= 0.3 is 5.97 Å². The Morgan fingerprint density at radius 3 is 2.81 bits per heavy atom. The zero-order chi connectivity index (χ0) is 22.2. The standard InChI is InChI=1S/C26H29N3O3/c1-31-24-16-10-14-21-13-8-3-2-4-9-15-23(32-26(30)25(21)24)17-22-19-29(28-27-22)18-20-11-6-5-7-12-20/h3,5-8,10-12,14,16,19,23H,2,4,9,13,15,17-18H2,1H3/b8-3-/t23-/m1/s1. The first-order valence-corrected chi connectivity index (χ1v) is 11.2. The van der Waals surface area contributed by atoms with Crippen LogP contribution >= 0.6 is 0 Å². The molecule has 1 aliphatic heterocycles. The molecule has 32 heavy (non-hydrogen) atoms. The highest BCUT2D eigenvalue weighted by Crippen LogP contribution is 2.26. The van der Waals surface area contributed by atoms with Crippen molar-refractivity contribution < 1.29 is 14.3 Å². The van der Waals surface area contributed by atoms with Crippen molar-refractivity contribution in [2.45, 2.75) is 51.2 Å². The third-order valence-electron chi connectivity index (χ3n) is 5.67. The number of hydrogen-bond acceptors (Lipinski definition) is 5. The predicted molar refractivity (Wildman–Crippen MR) is 123 cm³/mol. The quantitative estimate of drug-likeness (QED) is 0.430. The van der Waals surface area contributed by atoms with Gasteiger partial charge in [-0.25, -0.2) is 9.48 Å². The second kappa shape index (κ2) is 10.8. The Morgan fingerprint density at radius 1 is 1.09 bits per heavy atom. The van der Waals surface area contributed by atoms with Crippen molar-refractivity contribution in [2.75, 3.05) is 7.11 Å². The zero-order valence-electron chi connectivity index (χ0n) is 18.4. The van der Waals surface area contributed by atoms with Crippen LogP contribution in [-0.4, -0.2) is 34.2 Å². The lowest BCUT2D eigenvalue weighted by atomic mass is 10.0. The minimum Gasteiger partial charge on any atom is -0.496 e. The van der Waals surface area contributed by atoms with E-state index in [0.29, 0.717) is 30.7 Å². The summed E-state index contributed by atoms with van der Waals surface area (Å²) in [5.74, 6) is 0.207. The zero-order valence-corrected chi connectivity index (χ0v) is 18.4. The smallest absolute Gasteiger partial charge is 0.342 e. The minimum atomic E-state index is -0.340. The van der Waals surface area contributed by atoms with Crippen molar-refractivity contribution >= 4 is 5.97 Å². The molecule has 1 aromatic heterocycles. The van der Waals surface area contributed by atoms with Gasteiger partial charge in [0.15, 0.2) is 0 Å². The maximum Gasteiger partial charge on any atom is 0.342 e. The van der Waals surface area contributed by atoms with E-state index >= 15 is 0 Å². The average Bonchev–Trinajstić information content (AvgIpc) is 3.24. The molecule has 0 aliphatic carbocycles. The summed E-state index contributed by atoms with van der Waals surface area (Å²) >= 11 is 0. The van der Waals surface area contributed by atoms with Gasteiger partial charge in [0.25, 0.3) is 0 Å². The number of hydrogen-bond donors (Lipinski definition) is 0. The molecule has 0 N–H and O–H groups in total. The predicted octanol–water partition coefficient (Wildman–Crippen LogP) is 4.78. The number of ether oxygens (including phenoxy) is 2. The minimum absolute atomic E-state index is 0.259. The van der Waals surface area contributed by atoms with E-state index in [4.69, 9.17) is 9.47 Å². The van der Waals surface area contributed by atoms with Gasteiger partial charge in [0.2, 0.25) is 0 Å². The molecule has 0 bridgehead atoms. The highest BCUT2D eigenvalue weighted by Gasteiger charge is 2.23. The summed E-state index contributed by atoms with van der Waals surface area (Å²) in [7, 11) is 1.58. The second-order valence-electron chi connectivity index (χ2n) is 8.08. The van der Waals surface area contributed by atoms with Gasteiger partial charge in [-0.1, -0.05) is 59.8 Å². The van der Waals surface area contributed by atoms with Crippen molar-refractivity contribution in [1.82, 2.24) is 15.0 Å². The van der Waals surface area contributed by atoms with Crippen molar-refractivity contribution in [3.05, 3.63) is 89.3 Å². The molecule has 1 aliphatic rings. The van der Waals surface area contributed by atoms with E-state index < -0.39 is 0 Å². The second-order valence-corrected chi connectivity index (χ2v) is 8.08. The highest BCUT2D eigenvalue weighted by molar-refractivity contribution is 5.94. The topological polar surface area (TPSA) is 66.2 Å². The summed E-state index contributed by atoms with van der Waals surface area (Å²) < 4.78 is 13.3. The third kappa shape index (κ3) is 5.63. The van der Waals surface area contributed by atoms with Crippen LogP contribution in [-0.2, 0) is 24.1 Å². The van der Waals surface area contributed by atoms with Gasteiger partial charge in [0.1, 0.15) is 17.4 Å². The van der Waals surface area contributed by atoms with Crippen molar-refractivity contribution in [3.8, 4) is 5.75 Å². The molecule has 2 heterocycles. The fourth-order valence-electron chi connectivity index (χ4n) is 4.04. The monoisotopic (exact) mass is 431 g/mol. The fraction of sp³-hybridized carbons (Fsp3) is 0.346. The first-order valence-electron chi connectivity index (χ1n) is 11.2. The molecule has 2 aromatic carbocycles. The molecule has 1 atom stereocenters. The Morgan fingerprint density at radius 2 is 1.97 bits per heavy atom. The molecule has 0 radical (unpaired) electrons. The number of rotatable bonds is 5. The first-order chi connectivity index (χ1) is 15.7. The number of allylic oxidation sites excluding steroid dienone is 2. The molecule has 0 unspecified atom stereocenters. The van der Waals surface area contributed by atoms with Crippen LogP contribution in [0.1, 0.15) is 52.9 Å². The Balaban J connectivity index is 1.51. The maximum absolute atomic E-state index is 13.2. The summed E-state index contributed by atoms with van der Waals surface area (Å²) in [4.78, 5) is 13.2. The molecule has 0 spiro atoms. The van der Waals surface area contributed by atoms with Crippen LogP contribution in [0.15, 0.2) is 66.9 Å². The Hall–Kier alpha value is -3.41. The summed E-state index contributed by atoms with van der Waals surface area (Å²) in [5.41, 5.74) is 3.42. The summed E-state index contributed by atoms with van der Waals surface area (Å²) in [6, 6.07) is 15.8. The van der Waals surface area contributed by atoms with E-state index in [1.165, 1.54) is 0 Å². The van der Waals surface area contributed by atoms with Gasteiger partial charge in [0, 0.05) is 12.6 Å². The van der Waals surface area contributed by atoms with Gasteiger partial charge in [-0.15, -0.1) is 5.10 Å². The van der Waals surface area contributed by atoms with Gasteiger partial charge in [-0.3, -0.25) is 0 Å². The number of nitrogens with zero attached hydrogens (tertiary/aromatic N) is 3. The molecule has 0 amide bonds. The van der Waals surface area contributed by atoms with Crippen molar-refractivity contribution in [3.63, 3.8) is 0 Å². The molecule has 0 saturated heterocycles. The number of fused-ring (bicyclic) bond motifs is 1. The molecule has 4 rings (SSSR count). The van der Waals surface area contributed by atoms with E-state index in [1.807, 2.05) is 41.2 Å². The van der Waals surface area contributed by atoms with Crippen LogP contribution in [0.4, 0.5) is 0 Å². The molecule has 6 heteroatoms. The maximum atomic E-state index is 13.2. The number of aromatic nitrogens is 3. The average molecular weight is 432 g/mol. The van der Waals surface area contributed by atoms with E-state index in [0.717, 1.165) is 42.5 Å². The molecule has 166 valence electrons. The number of carbonyl (C=O) groups excluding carboxylic acids is 1. The fourth-order valence-corrected chi connectivity index (χ4v) is 4.04. The van der Waals surface area contributed by atoms with E-state index in [9.17, 15) is 4.79 Å². The van der Waals surface area contributed by atoms with Crippen LogP contribution < -0.4 is 4.74 Å². The molecule has 6 nitrogen and oxygen atoms in total. The van der Waals surface area contributed by atoms with Gasteiger partial charge < -0.3 is 9.47 Å². The third-order valence-corrected chi connectivity index (χ3v) is 5.67. The SMILES string of the molecule is COc1cccc2c1C(=O)O[C@@H](Cc1cn(Cc3ccccc3)nn1)CCCC/C=C\C2. The lowest BCUT2D eigenvalue weighted by Crippen LogP contribution is -2.22. The van der Waals surface area contributed by atoms with Crippen LogP contribution in [0.25, 0.3) is 0 Å². The Kier molecular flexibility index (Phi) is 7.33. The number of esters is 1. The molecule has 0 saturated carbocycles. The van der Waals surface area contributed by atoms with Gasteiger partial charge in [0.05, 0.1) is 19.3 Å². The van der Waals surface area contributed by atoms with Gasteiger partial charge in [-0.05, 0) is 49.3 Å². The number of methoxy groups -OCH3 is 1. The molecule has 0 fully saturated rings. The first kappa shape index (κ1) is 21.8. The highest BCUT2D eigenvalue weighted by atomic mass is 16.5. The van der Waals surface area contributed by atoms with Crippen LogP contribution in [0.2, 0.25) is 0 Å². The van der Waals surface area contributed by atoms with Crippen LogP contribution in [0.3, 0.4) is 0 Å². The van der Waals surface area contributed by atoms with Crippen molar-refractivity contribution in [1.29, 1.82) is 0 Å². The van der Waals surface area contributed by atoms with Crippen LogP contribution in [0.5, 0.6) is 5.75 Å². The summed E-state index contributed by atoms with van der Waals surface area (Å²) in [6.45, 7) is 0.662. The van der Waals surface area contributed by atoms with E-state index in [2.05, 4.69) is 34.6 Å². The van der Waals surface area contributed by atoms with E-state index in [-0.39, 0.29) is 12.1 Å². The largest absolute Gasteiger partial charge is 0.496 e. The lowest BCUT2D eigenvalue weighted by molar-refractivity contribution is 0.0271. The summed E-state index contributed by atoms with van der Waals surface area (Å²) in [6.07, 6.45) is 11.1. The van der Waals surface area contributed by atoms with E-state index in [1.54, 1.807) is 13.2 Å². The lowest BCUT2D eigenvalue weighted by Gasteiger charge is -2.19. The Bertz CT molecular complexity index is 1060. The normalized spacial score (nSPS) is 18.0. The summed E-state index contributed by atoms with van der Waals surface area (Å²) in [5, 5.41) is 8.58. The number of cyclic esters (lactones) is 1. The van der Waals surface area contributed by atoms with Crippen LogP contribution in [0, 0.1) is 0 Å². The van der Waals surface area contributed by atoms with Crippen molar-refractivity contribution in [2.24, 2.45) is 0 Å². The Labute approximate surface area is 188 Å². The number of carbonyl (C=O) groups is 1. The number of benzene rings is 2.